The summed E-state index contributed by atoms with van der Waals surface area (Å²) in [6.45, 7) is 4.11. The molecule has 1 saturated carbocycles. The highest BCUT2D eigenvalue weighted by Gasteiger charge is 2.64. The maximum Gasteiger partial charge on any atom is 0.214 e. The van der Waals surface area contributed by atoms with E-state index in [0.29, 0.717) is 6.61 Å². The van der Waals surface area contributed by atoms with Crippen LogP contribution in [-0.2, 0) is 4.74 Å². The van der Waals surface area contributed by atoms with Crippen LogP contribution in [0.5, 0.6) is 0 Å². The first-order chi connectivity index (χ1) is 4.10. The molecule has 0 amide bonds. The monoisotopic (exact) mass is 152 g/mol. The Hall–Kier alpha value is 0.180. The van der Waals surface area contributed by atoms with E-state index >= 15 is 0 Å². The first-order valence-electron chi connectivity index (χ1n) is 3.10. The minimum atomic E-state index is -1.57. The highest BCUT2D eigenvalue weighted by atomic mass is 35.5. The SMILES string of the molecule is CCOC1C(C)C1(F)Cl. The van der Waals surface area contributed by atoms with Gasteiger partial charge in [-0.15, -0.1) is 0 Å². The Bertz CT molecular complexity index is 116. The molecule has 1 nitrogen and oxygen atoms in total. The predicted octanol–water partition coefficient (Wildman–Crippen LogP) is 1.95. The van der Waals surface area contributed by atoms with Crippen molar-refractivity contribution in [2.75, 3.05) is 6.61 Å². The van der Waals surface area contributed by atoms with Gasteiger partial charge in [-0.2, -0.15) is 0 Å². The van der Waals surface area contributed by atoms with Crippen LogP contribution in [0.2, 0.25) is 0 Å². The van der Waals surface area contributed by atoms with E-state index < -0.39 is 5.13 Å². The summed E-state index contributed by atoms with van der Waals surface area (Å²) < 4.78 is 17.7. The summed E-state index contributed by atoms with van der Waals surface area (Å²) in [7, 11) is 0. The second kappa shape index (κ2) is 2.10. The van der Waals surface area contributed by atoms with E-state index in [1.165, 1.54) is 0 Å². The Morgan fingerprint density at radius 1 is 1.78 bits per heavy atom. The normalized spacial score (nSPS) is 49.3. The Morgan fingerprint density at radius 3 is 2.33 bits per heavy atom. The zero-order valence-corrected chi connectivity index (χ0v) is 6.28. The lowest BCUT2D eigenvalue weighted by atomic mass is 10.5. The summed E-state index contributed by atoms with van der Waals surface area (Å²) in [6, 6.07) is 0. The second-order valence-corrected chi connectivity index (χ2v) is 2.92. The van der Waals surface area contributed by atoms with E-state index in [9.17, 15) is 4.39 Å². The Morgan fingerprint density at radius 2 is 2.22 bits per heavy atom. The van der Waals surface area contributed by atoms with Gasteiger partial charge in [-0.25, -0.2) is 4.39 Å². The van der Waals surface area contributed by atoms with Gasteiger partial charge in [0.25, 0.3) is 0 Å². The number of hydrogen-bond donors (Lipinski definition) is 0. The fraction of sp³-hybridized carbons (Fsp3) is 1.00. The van der Waals surface area contributed by atoms with Crippen LogP contribution in [0.1, 0.15) is 13.8 Å². The Kier molecular flexibility index (Phi) is 1.70. The smallest absolute Gasteiger partial charge is 0.214 e. The number of alkyl halides is 2. The average molecular weight is 153 g/mol. The van der Waals surface area contributed by atoms with Gasteiger partial charge < -0.3 is 4.74 Å². The van der Waals surface area contributed by atoms with Crippen molar-refractivity contribution in [2.24, 2.45) is 5.92 Å². The van der Waals surface area contributed by atoms with Crippen molar-refractivity contribution in [3.63, 3.8) is 0 Å². The molecule has 1 rings (SSSR count). The molecule has 0 bridgehead atoms. The summed E-state index contributed by atoms with van der Waals surface area (Å²) in [5.41, 5.74) is 0. The molecular formula is C6H10ClFO. The lowest BCUT2D eigenvalue weighted by molar-refractivity contribution is 0.102. The summed E-state index contributed by atoms with van der Waals surface area (Å²) in [5, 5.41) is -1.57. The number of hydrogen-bond acceptors (Lipinski definition) is 1. The quantitative estimate of drug-likeness (QED) is 0.550. The molecule has 0 aromatic carbocycles. The summed E-state index contributed by atoms with van der Waals surface area (Å²) >= 11 is 5.34. The van der Waals surface area contributed by atoms with Crippen LogP contribution in [0.3, 0.4) is 0 Å². The van der Waals surface area contributed by atoms with Gasteiger partial charge in [0.05, 0.1) is 0 Å². The third-order valence-electron chi connectivity index (χ3n) is 1.68. The summed E-state index contributed by atoms with van der Waals surface area (Å²) in [5.74, 6) is -0.140. The second-order valence-electron chi connectivity index (χ2n) is 2.34. The molecule has 0 heterocycles. The van der Waals surface area contributed by atoms with E-state index in [-0.39, 0.29) is 12.0 Å². The topological polar surface area (TPSA) is 9.23 Å². The molecule has 0 radical (unpaired) electrons. The lowest BCUT2D eigenvalue weighted by Gasteiger charge is -1.95. The van der Waals surface area contributed by atoms with Crippen molar-refractivity contribution >= 4 is 11.6 Å². The van der Waals surface area contributed by atoms with Crippen LogP contribution in [0.4, 0.5) is 4.39 Å². The fourth-order valence-electron chi connectivity index (χ4n) is 0.879. The molecular weight excluding hydrogens is 143 g/mol. The van der Waals surface area contributed by atoms with E-state index in [1.54, 1.807) is 6.92 Å². The van der Waals surface area contributed by atoms with Gasteiger partial charge >= 0.3 is 0 Å². The van der Waals surface area contributed by atoms with Crippen LogP contribution >= 0.6 is 11.6 Å². The van der Waals surface area contributed by atoms with Crippen LogP contribution in [-0.4, -0.2) is 17.8 Å². The molecule has 0 aromatic heterocycles. The Labute approximate surface area is 59.1 Å². The molecule has 0 N–H and O–H groups in total. The average Bonchev–Trinajstić information content (AvgIpc) is 2.19. The van der Waals surface area contributed by atoms with Crippen molar-refractivity contribution < 1.29 is 9.13 Å². The maximum atomic E-state index is 12.7. The standard InChI is InChI=1S/C6H10ClFO/c1-3-9-5-4(2)6(5,7)8/h4-5H,3H2,1-2H3. The minimum Gasteiger partial charge on any atom is -0.373 e. The van der Waals surface area contributed by atoms with Crippen molar-refractivity contribution in [2.45, 2.75) is 25.1 Å². The molecule has 1 aliphatic carbocycles. The molecule has 3 atom stereocenters. The van der Waals surface area contributed by atoms with Crippen molar-refractivity contribution in [1.82, 2.24) is 0 Å². The third-order valence-corrected chi connectivity index (χ3v) is 2.24. The minimum absolute atomic E-state index is 0.140. The predicted molar refractivity (Wildman–Crippen MR) is 34.3 cm³/mol. The summed E-state index contributed by atoms with van der Waals surface area (Å²) in [4.78, 5) is 0. The zero-order valence-electron chi connectivity index (χ0n) is 5.53. The van der Waals surface area contributed by atoms with Gasteiger partial charge in [-0.1, -0.05) is 18.5 Å². The van der Waals surface area contributed by atoms with Crippen LogP contribution < -0.4 is 0 Å². The first kappa shape index (κ1) is 7.29. The molecule has 9 heavy (non-hydrogen) atoms. The molecule has 1 aliphatic rings. The van der Waals surface area contributed by atoms with Gasteiger partial charge in [0, 0.05) is 12.5 Å². The third kappa shape index (κ3) is 1.06. The van der Waals surface area contributed by atoms with E-state index in [4.69, 9.17) is 16.3 Å². The maximum absolute atomic E-state index is 12.7. The molecule has 0 aliphatic heterocycles. The van der Waals surface area contributed by atoms with Crippen molar-refractivity contribution in [1.29, 1.82) is 0 Å². The number of ether oxygens (including phenoxy) is 1. The van der Waals surface area contributed by atoms with Gasteiger partial charge in [0.1, 0.15) is 6.10 Å². The molecule has 0 saturated heterocycles. The molecule has 54 valence electrons. The van der Waals surface area contributed by atoms with Crippen LogP contribution in [0, 0.1) is 5.92 Å². The van der Waals surface area contributed by atoms with Crippen LogP contribution in [0.25, 0.3) is 0 Å². The zero-order chi connectivity index (χ0) is 7.07. The van der Waals surface area contributed by atoms with Crippen LogP contribution in [0.15, 0.2) is 0 Å². The number of rotatable bonds is 2. The van der Waals surface area contributed by atoms with Gasteiger partial charge in [-0.05, 0) is 6.92 Å². The molecule has 0 aromatic rings. The van der Waals surface area contributed by atoms with Gasteiger partial charge in [0.15, 0.2) is 0 Å². The highest BCUT2D eigenvalue weighted by molar-refractivity contribution is 6.25. The van der Waals surface area contributed by atoms with E-state index in [0.717, 1.165) is 0 Å². The molecule has 3 heteroatoms. The molecule has 0 spiro atoms. The van der Waals surface area contributed by atoms with E-state index in [2.05, 4.69) is 0 Å². The van der Waals surface area contributed by atoms with Crippen molar-refractivity contribution in [3.8, 4) is 0 Å². The van der Waals surface area contributed by atoms with Crippen molar-refractivity contribution in [3.05, 3.63) is 0 Å². The largest absolute Gasteiger partial charge is 0.373 e. The highest BCUT2D eigenvalue weighted by Crippen LogP contribution is 2.52. The Balaban J connectivity index is 2.33. The lowest BCUT2D eigenvalue weighted by Crippen LogP contribution is -2.01. The number of halogens is 2. The first-order valence-corrected chi connectivity index (χ1v) is 3.48. The fourth-order valence-corrected chi connectivity index (χ4v) is 1.18. The van der Waals surface area contributed by atoms with E-state index in [1.807, 2.05) is 6.92 Å². The van der Waals surface area contributed by atoms with Gasteiger partial charge in [-0.3, -0.25) is 0 Å². The molecule has 1 fully saturated rings. The molecule has 3 unspecified atom stereocenters. The van der Waals surface area contributed by atoms with Gasteiger partial charge in [0.2, 0.25) is 5.13 Å². The summed E-state index contributed by atoms with van der Waals surface area (Å²) in [6.07, 6.45) is -0.371.